The lowest BCUT2D eigenvalue weighted by Gasteiger charge is -2.15. The summed E-state index contributed by atoms with van der Waals surface area (Å²) >= 11 is 5.79. The molecule has 1 aliphatic rings. The minimum absolute atomic E-state index is 0.0306. The second-order valence-electron chi connectivity index (χ2n) is 5.58. The van der Waals surface area contributed by atoms with Crippen LogP contribution in [0, 0.1) is 5.41 Å². The summed E-state index contributed by atoms with van der Waals surface area (Å²) in [6.45, 7) is 0.728. The van der Waals surface area contributed by atoms with Gasteiger partial charge >= 0.3 is 0 Å². The fourth-order valence-corrected chi connectivity index (χ4v) is 2.82. The van der Waals surface area contributed by atoms with Crippen LogP contribution in [0.15, 0.2) is 18.2 Å². The summed E-state index contributed by atoms with van der Waals surface area (Å²) < 4.78 is 10.4. The van der Waals surface area contributed by atoms with Crippen molar-refractivity contribution in [1.82, 2.24) is 5.32 Å². The Morgan fingerprint density at radius 3 is 2.57 bits per heavy atom. The molecule has 0 bridgehead atoms. The van der Waals surface area contributed by atoms with Crippen LogP contribution in [-0.2, 0) is 11.2 Å². The fraction of sp³-hybridized carbons (Fsp3) is 0.562. The number of nitrogens with one attached hydrogen (secondary N) is 1. The molecule has 116 valence electrons. The van der Waals surface area contributed by atoms with Crippen LogP contribution >= 0.6 is 11.6 Å². The van der Waals surface area contributed by atoms with Crippen LogP contribution in [0.4, 0.5) is 0 Å². The van der Waals surface area contributed by atoms with E-state index in [4.69, 9.17) is 21.1 Å². The number of hydrogen-bond donors (Lipinski definition) is 1. The molecule has 0 radical (unpaired) electrons. The van der Waals surface area contributed by atoms with Crippen molar-refractivity contribution in [3.05, 3.63) is 23.8 Å². The van der Waals surface area contributed by atoms with E-state index in [-0.39, 0.29) is 11.3 Å². The van der Waals surface area contributed by atoms with Crippen molar-refractivity contribution in [2.45, 2.75) is 25.7 Å². The van der Waals surface area contributed by atoms with Crippen molar-refractivity contribution in [3.63, 3.8) is 0 Å². The first-order valence-electron chi connectivity index (χ1n) is 7.16. The third kappa shape index (κ3) is 4.27. The molecule has 4 nitrogen and oxygen atoms in total. The molecular weight excluding hydrogens is 290 g/mol. The molecule has 21 heavy (non-hydrogen) atoms. The quantitative estimate of drug-likeness (QED) is 0.751. The molecule has 2 rings (SSSR count). The lowest BCUT2D eigenvalue weighted by atomic mass is 10.0. The molecule has 0 atom stereocenters. The van der Waals surface area contributed by atoms with Crippen molar-refractivity contribution in [2.24, 2.45) is 5.41 Å². The van der Waals surface area contributed by atoms with Crippen LogP contribution in [0.2, 0.25) is 0 Å². The van der Waals surface area contributed by atoms with Crippen molar-refractivity contribution in [1.29, 1.82) is 0 Å². The van der Waals surface area contributed by atoms with Gasteiger partial charge in [0, 0.05) is 12.4 Å². The topological polar surface area (TPSA) is 47.6 Å². The van der Waals surface area contributed by atoms with Crippen LogP contribution in [-0.4, -0.2) is 32.6 Å². The average molecular weight is 312 g/mol. The van der Waals surface area contributed by atoms with Crippen LogP contribution in [0.3, 0.4) is 0 Å². The van der Waals surface area contributed by atoms with Crippen molar-refractivity contribution < 1.29 is 14.3 Å². The standard InChI is InChI=1S/C16H22ClNO3/c1-20-13-4-3-12(9-14(13)21-2)10-15(19)18-11-16(5-6-16)7-8-17/h3-4,9H,5-8,10-11H2,1-2H3,(H,18,19). The summed E-state index contributed by atoms with van der Waals surface area (Å²) in [5, 5.41) is 3.02. The molecule has 0 saturated heterocycles. The van der Waals surface area contributed by atoms with Gasteiger partial charge in [-0.05, 0) is 42.4 Å². The van der Waals surface area contributed by atoms with Gasteiger partial charge in [-0.2, -0.15) is 0 Å². The lowest BCUT2D eigenvalue weighted by molar-refractivity contribution is -0.120. The van der Waals surface area contributed by atoms with E-state index in [1.165, 1.54) is 0 Å². The number of methoxy groups -OCH3 is 2. The Kier molecular flexibility index (Phi) is 5.34. The molecule has 1 saturated carbocycles. The molecule has 0 aliphatic heterocycles. The molecular formula is C16H22ClNO3. The summed E-state index contributed by atoms with van der Waals surface area (Å²) in [6.07, 6.45) is 3.65. The Labute approximate surface area is 130 Å². The second kappa shape index (κ2) is 7.03. The Bertz CT molecular complexity index is 500. The third-order valence-electron chi connectivity index (χ3n) is 4.06. The molecule has 0 unspecified atom stereocenters. The summed E-state index contributed by atoms with van der Waals surface area (Å²) in [7, 11) is 3.18. The Morgan fingerprint density at radius 2 is 2.00 bits per heavy atom. The number of benzene rings is 1. The highest BCUT2D eigenvalue weighted by molar-refractivity contribution is 6.17. The smallest absolute Gasteiger partial charge is 0.224 e. The predicted molar refractivity (Wildman–Crippen MR) is 83.3 cm³/mol. The summed E-state index contributed by atoms with van der Waals surface area (Å²) in [4.78, 5) is 12.0. The van der Waals surface area contributed by atoms with Gasteiger partial charge in [0.1, 0.15) is 0 Å². The maximum Gasteiger partial charge on any atom is 0.224 e. The van der Waals surface area contributed by atoms with Gasteiger partial charge in [0.15, 0.2) is 11.5 Å². The summed E-state index contributed by atoms with van der Waals surface area (Å²) in [5.41, 5.74) is 1.17. The van der Waals surface area contributed by atoms with Crippen molar-refractivity contribution >= 4 is 17.5 Å². The number of rotatable bonds is 8. The van der Waals surface area contributed by atoms with Gasteiger partial charge in [0.05, 0.1) is 20.6 Å². The normalized spacial score (nSPS) is 15.4. The molecule has 1 fully saturated rings. The third-order valence-corrected chi connectivity index (χ3v) is 4.24. The highest BCUT2D eigenvalue weighted by Gasteiger charge is 2.41. The van der Waals surface area contributed by atoms with E-state index < -0.39 is 0 Å². The highest BCUT2D eigenvalue weighted by Crippen LogP contribution is 2.48. The zero-order chi connectivity index (χ0) is 15.3. The van der Waals surface area contributed by atoms with Gasteiger partial charge in [-0.25, -0.2) is 0 Å². The summed E-state index contributed by atoms with van der Waals surface area (Å²) in [5.74, 6) is 2.00. The fourth-order valence-electron chi connectivity index (χ4n) is 2.42. The number of amides is 1. The van der Waals surface area contributed by atoms with Crippen molar-refractivity contribution in [3.8, 4) is 11.5 Å². The molecule has 0 aromatic heterocycles. The number of ether oxygens (including phenoxy) is 2. The molecule has 5 heteroatoms. The van der Waals surface area contributed by atoms with Crippen LogP contribution in [0.1, 0.15) is 24.8 Å². The van der Waals surface area contributed by atoms with Gasteiger partial charge in [0.2, 0.25) is 5.91 Å². The minimum Gasteiger partial charge on any atom is -0.493 e. The van der Waals surface area contributed by atoms with Gasteiger partial charge in [-0.3, -0.25) is 4.79 Å². The van der Waals surface area contributed by atoms with E-state index in [1.54, 1.807) is 14.2 Å². The maximum atomic E-state index is 12.0. The van der Waals surface area contributed by atoms with Gasteiger partial charge in [-0.1, -0.05) is 6.07 Å². The monoisotopic (exact) mass is 311 g/mol. The number of carbonyl (C=O) groups is 1. The van der Waals surface area contributed by atoms with E-state index in [2.05, 4.69) is 5.32 Å². The number of halogens is 1. The Balaban J connectivity index is 1.88. The molecule has 0 heterocycles. The first-order chi connectivity index (χ1) is 10.1. The SMILES string of the molecule is COc1ccc(CC(=O)NCC2(CCCl)CC2)cc1OC. The molecule has 1 aromatic rings. The van der Waals surface area contributed by atoms with Crippen LogP contribution < -0.4 is 14.8 Å². The zero-order valence-electron chi connectivity index (χ0n) is 12.6. The predicted octanol–water partition coefficient (Wildman–Crippen LogP) is 2.77. The molecule has 0 spiro atoms. The number of carbonyl (C=O) groups excluding carboxylic acids is 1. The van der Waals surface area contributed by atoms with Crippen LogP contribution in [0.25, 0.3) is 0 Å². The highest BCUT2D eigenvalue weighted by atomic mass is 35.5. The maximum absolute atomic E-state index is 12.0. The van der Waals surface area contributed by atoms with Gasteiger partial charge in [0.25, 0.3) is 0 Å². The Hall–Kier alpha value is -1.42. The zero-order valence-corrected chi connectivity index (χ0v) is 13.3. The van der Waals surface area contributed by atoms with E-state index in [0.717, 1.165) is 31.4 Å². The molecule has 1 aliphatic carbocycles. The lowest BCUT2D eigenvalue weighted by Crippen LogP contribution is -2.31. The molecule has 1 aromatic carbocycles. The minimum atomic E-state index is 0.0306. The Morgan fingerprint density at radius 1 is 1.29 bits per heavy atom. The first kappa shape index (κ1) is 16.0. The second-order valence-corrected chi connectivity index (χ2v) is 5.96. The summed E-state index contributed by atoms with van der Waals surface area (Å²) in [6, 6.07) is 5.54. The first-order valence-corrected chi connectivity index (χ1v) is 7.69. The average Bonchev–Trinajstić information content (AvgIpc) is 3.25. The number of alkyl halides is 1. The van der Waals surface area contributed by atoms with E-state index in [1.807, 2.05) is 18.2 Å². The van der Waals surface area contributed by atoms with Crippen molar-refractivity contribution in [2.75, 3.05) is 26.6 Å². The van der Waals surface area contributed by atoms with E-state index in [0.29, 0.717) is 23.8 Å². The largest absolute Gasteiger partial charge is 0.493 e. The van der Waals surface area contributed by atoms with Gasteiger partial charge < -0.3 is 14.8 Å². The number of hydrogen-bond acceptors (Lipinski definition) is 3. The van der Waals surface area contributed by atoms with E-state index >= 15 is 0 Å². The molecule has 1 N–H and O–H groups in total. The molecule has 1 amide bonds. The van der Waals surface area contributed by atoms with Gasteiger partial charge in [-0.15, -0.1) is 11.6 Å². The van der Waals surface area contributed by atoms with E-state index in [9.17, 15) is 4.79 Å². The van der Waals surface area contributed by atoms with Crippen LogP contribution in [0.5, 0.6) is 11.5 Å².